The Kier molecular flexibility index (Phi) is 32.5. The first-order valence-electron chi connectivity index (χ1n) is 25.2. The van der Waals surface area contributed by atoms with Crippen molar-refractivity contribution in [2.45, 2.75) is 216 Å². The van der Waals surface area contributed by atoms with Gasteiger partial charge in [0, 0.05) is 31.1 Å². The quantitative estimate of drug-likeness (QED) is 0.0220. The average molecular weight is 985 g/mol. The molecule has 8 N–H and O–H groups in total. The van der Waals surface area contributed by atoms with E-state index in [2.05, 4.69) is 55.5 Å². The predicted molar refractivity (Wildman–Crippen MR) is 259 cm³/mol. The minimum atomic E-state index is -5.46. The molecule has 0 aromatic carbocycles. The molecule has 0 spiro atoms. The fourth-order valence-electron chi connectivity index (χ4n) is 8.13. The molecule has 12 atom stereocenters. The number of cyclic esters (lactones) is 1. The number of hydrogen-bond acceptors (Lipinski definition) is 15. The standard InChI is InChI=1S/C51H85O16P/c1-3-5-7-8-9-10-11-12-13-14-15-16-17-18-19-20-21-22-28-32-45(56)66-39-36-64-44(55)31-27-24-23-26-30-40-42(53)35-43(54)41(34-33-38(52)29-25-6-4-2)47(58)49(60)51(50(61)48(59)46(40)57)67-68(62,63)65-37-39/h5,7,9-10,12-13,15-16,33-34,38-41,43,46-52,54,57-61H,3-4,6,8,11,14,17-32,35-37H2,1-2H3,(H,62,63)/b7-5-,10-9-,13-12-,16-15-,34-33+/t38-,39+,40-,41-,43+,46+,47+,48-,49+,50+,51+/m0/s1. The average Bonchev–Trinajstić information content (AvgIpc) is 3.31. The van der Waals surface area contributed by atoms with Crippen molar-refractivity contribution in [3.05, 3.63) is 60.8 Å². The monoisotopic (exact) mass is 985 g/mol. The van der Waals surface area contributed by atoms with Gasteiger partial charge in [-0.3, -0.25) is 23.4 Å². The summed E-state index contributed by atoms with van der Waals surface area (Å²) in [4.78, 5) is 50.2. The maximum absolute atomic E-state index is 13.7. The lowest BCUT2D eigenvalue weighted by Crippen LogP contribution is -2.55. The van der Waals surface area contributed by atoms with Crippen molar-refractivity contribution in [3.63, 3.8) is 0 Å². The van der Waals surface area contributed by atoms with Crippen LogP contribution in [-0.4, -0.2) is 127 Å². The van der Waals surface area contributed by atoms with Crippen LogP contribution < -0.4 is 0 Å². The minimum absolute atomic E-state index is 0.0129. The van der Waals surface area contributed by atoms with Gasteiger partial charge >= 0.3 is 19.8 Å². The van der Waals surface area contributed by atoms with Crippen LogP contribution in [0.3, 0.4) is 0 Å². The summed E-state index contributed by atoms with van der Waals surface area (Å²) in [5, 5.41) is 78.8. The van der Waals surface area contributed by atoms with E-state index in [9.17, 15) is 59.6 Å². The van der Waals surface area contributed by atoms with E-state index in [1.165, 1.54) is 12.2 Å². The van der Waals surface area contributed by atoms with E-state index in [0.29, 0.717) is 44.9 Å². The van der Waals surface area contributed by atoms with Crippen LogP contribution >= 0.6 is 7.82 Å². The van der Waals surface area contributed by atoms with Crippen molar-refractivity contribution >= 4 is 25.5 Å². The van der Waals surface area contributed by atoms with Gasteiger partial charge in [0.2, 0.25) is 0 Å². The molecule has 0 radical (unpaired) electrons. The van der Waals surface area contributed by atoms with Gasteiger partial charge in [0.25, 0.3) is 0 Å². The van der Waals surface area contributed by atoms with Gasteiger partial charge in [-0.2, -0.15) is 0 Å². The number of hydrogen-bond donors (Lipinski definition) is 8. The summed E-state index contributed by atoms with van der Waals surface area (Å²) in [6.45, 7) is 2.70. The van der Waals surface area contributed by atoms with Crippen molar-refractivity contribution in [1.29, 1.82) is 0 Å². The highest BCUT2D eigenvalue weighted by Gasteiger charge is 2.49. The molecule has 2 fully saturated rings. The highest BCUT2D eigenvalue weighted by atomic mass is 31.2. The Bertz CT molecular complexity index is 1600. The largest absolute Gasteiger partial charge is 0.472 e. The molecule has 2 bridgehead atoms. The van der Waals surface area contributed by atoms with Gasteiger partial charge < -0.3 is 50.1 Å². The molecule has 0 amide bonds. The molecule has 1 heterocycles. The van der Waals surface area contributed by atoms with E-state index < -0.39 is 112 Å². The third-order valence-corrected chi connectivity index (χ3v) is 13.2. The second-order valence-electron chi connectivity index (χ2n) is 18.1. The van der Waals surface area contributed by atoms with Crippen molar-refractivity contribution in [1.82, 2.24) is 0 Å². The molecule has 2 rings (SSSR count). The lowest BCUT2D eigenvalue weighted by atomic mass is 9.83. The van der Waals surface area contributed by atoms with Crippen molar-refractivity contribution < 1.29 is 78.1 Å². The number of phosphoric ester groups is 1. The molecule has 1 saturated carbocycles. The number of Topliss-reactive ketones (excluding diaryl/α,β-unsaturated/α-hetero) is 1. The molecule has 2 aliphatic rings. The number of carbonyl (C=O) groups excluding carboxylic acids is 3. The molecule has 390 valence electrons. The predicted octanol–water partition coefficient (Wildman–Crippen LogP) is 7.09. The first-order valence-corrected chi connectivity index (χ1v) is 26.7. The highest BCUT2D eigenvalue weighted by Crippen LogP contribution is 2.47. The van der Waals surface area contributed by atoms with Crippen LogP contribution in [0.25, 0.3) is 0 Å². The van der Waals surface area contributed by atoms with Crippen LogP contribution in [-0.2, 0) is 37.5 Å². The normalized spacial score (nSPS) is 30.8. The fourth-order valence-corrected chi connectivity index (χ4v) is 9.10. The SMILES string of the molecule is CC/C=C\C/C=C\C/C=C\C/C=C\CCCCCCCCC(=O)O[C@@H]1COC(=O)CCCCCC[C@H]2C(=O)C[C@@H](O)[C@H](/C=C/[C@@H](O)CCCCC)[C@@H](O)[C@@H](O)[C@@H](OP(=O)(O)OC1)[C@H](O)[C@@H](O)[C@@H]2O. The summed E-state index contributed by atoms with van der Waals surface area (Å²) in [5.41, 5.74) is 0. The van der Waals surface area contributed by atoms with Crippen molar-refractivity contribution in [3.8, 4) is 0 Å². The number of ether oxygens (including phenoxy) is 2. The number of ketones is 1. The number of unbranched alkanes of at least 4 members (excludes halogenated alkanes) is 8. The Hall–Kier alpha value is -2.86. The Morgan fingerprint density at radius 1 is 0.735 bits per heavy atom. The van der Waals surface area contributed by atoms with Crippen LogP contribution in [0.2, 0.25) is 0 Å². The maximum atomic E-state index is 13.7. The maximum Gasteiger partial charge on any atom is 0.472 e. The van der Waals surface area contributed by atoms with Crippen LogP contribution in [0.4, 0.5) is 0 Å². The number of esters is 2. The Morgan fingerprint density at radius 2 is 1.35 bits per heavy atom. The lowest BCUT2D eigenvalue weighted by Gasteiger charge is -2.36. The molecule has 1 aliphatic heterocycles. The van der Waals surface area contributed by atoms with E-state index in [0.717, 1.165) is 77.0 Å². The van der Waals surface area contributed by atoms with Crippen LogP contribution in [0, 0.1) is 11.8 Å². The molecule has 16 nitrogen and oxygen atoms in total. The number of fused-ring (bicyclic) bond motifs is 4. The van der Waals surface area contributed by atoms with Gasteiger partial charge in [-0.1, -0.05) is 139 Å². The summed E-state index contributed by atoms with van der Waals surface area (Å²) in [7, 11) is -5.46. The van der Waals surface area contributed by atoms with Crippen LogP contribution in [0.15, 0.2) is 60.8 Å². The van der Waals surface area contributed by atoms with Gasteiger partial charge in [-0.05, 0) is 64.2 Å². The number of phosphoric acid groups is 1. The first-order chi connectivity index (χ1) is 32.6. The van der Waals surface area contributed by atoms with Crippen LogP contribution in [0.1, 0.15) is 162 Å². The Balaban J connectivity index is 2.11. The lowest BCUT2D eigenvalue weighted by molar-refractivity contribution is -0.166. The zero-order valence-electron chi connectivity index (χ0n) is 40.6. The van der Waals surface area contributed by atoms with Gasteiger partial charge in [-0.15, -0.1) is 0 Å². The van der Waals surface area contributed by atoms with E-state index >= 15 is 0 Å². The molecule has 17 heteroatoms. The number of allylic oxidation sites excluding steroid dienone is 8. The molecule has 0 aromatic heterocycles. The third-order valence-electron chi connectivity index (χ3n) is 12.2. The highest BCUT2D eigenvalue weighted by molar-refractivity contribution is 7.47. The van der Waals surface area contributed by atoms with Crippen LogP contribution in [0.5, 0.6) is 0 Å². The summed E-state index contributed by atoms with van der Waals surface area (Å²) >= 11 is 0. The summed E-state index contributed by atoms with van der Waals surface area (Å²) in [6.07, 6.45) is 15.9. The van der Waals surface area contributed by atoms with Gasteiger partial charge in [-0.25, -0.2) is 4.57 Å². The molecule has 1 unspecified atom stereocenters. The zero-order valence-corrected chi connectivity index (χ0v) is 41.5. The van der Waals surface area contributed by atoms with Crippen molar-refractivity contribution in [2.75, 3.05) is 13.2 Å². The zero-order chi connectivity index (χ0) is 50.2. The summed E-state index contributed by atoms with van der Waals surface area (Å²) in [6, 6.07) is 0. The number of aliphatic hydroxyl groups excluding tert-OH is 7. The molecule has 0 aromatic rings. The molecule has 68 heavy (non-hydrogen) atoms. The van der Waals surface area contributed by atoms with E-state index in [1.807, 2.05) is 6.92 Å². The number of rotatable bonds is 23. The first kappa shape index (κ1) is 61.3. The van der Waals surface area contributed by atoms with Crippen molar-refractivity contribution in [2.24, 2.45) is 11.8 Å². The smallest absolute Gasteiger partial charge is 0.462 e. The number of carbonyl (C=O) groups is 3. The number of aliphatic hydroxyl groups is 7. The second kappa shape index (κ2) is 36.1. The Morgan fingerprint density at radius 3 is 2.03 bits per heavy atom. The minimum Gasteiger partial charge on any atom is -0.462 e. The molecular weight excluding hydrogens is 900 g/mol. The second-order valence-corrected chi connectivity index (χ2v) is 19.5. The van der Waals surface area contributed by atoms with Gasteiger partial charge in [0.15, 0.2) is 6.10 Å². The van der Waals surface area contributed by atoms with E-state index in [-0.39, 0.29) is 19.3 Å². The van der Waals surface area contributed by atoms with Gasteiger partial charge in [0.05, 0.1) is 31.0 Å². The fraction of sp³-hybridized carbons (Fsp3) is 0.745. The molecule has 1 aliphatic carbocycles. The summed E-state index contributed by atoms with van der Waals surface area (Å²) < 4.78 is 34.8. The molecular formula is C51H85O16P. The van der Waals surface area contributed by atoms with E-state index in [4.69, 9.17) is 18.5 Å². The summed E-state index contributed by atoms with van der Waals surface area (Å²) in [5.74, 6) is -4.92. The topological polar surface area (TPSA) is 267 Å². The third kappa shape index (κ3) is 25.8. The molecule has 1 saturated heterocycles. The van der Waals surface area contributed by atoms with Gasteiger partial charge in [0.1, 0.15) is 36.8 Å². The van der Waals surface area contributed by atoms with E-state index in [1.54, 1.807) is 0 Å². The Labute approximate surface area is 404 Å².